The van der Waals surface area contributed by atoms with Gasteiger partial charge in [-0.3, -0.25) is 4.79 Å². The van der Waals surface area contributed by atoms with Gasteiger partial charge in [0.25, 0.3) is 0 Å². The molecule has 1 fully saturated rings. The molecule has 1 atom stereocenters. The maximum absolute atomic E-state index is 12.1. The molecule has 5 heteroatoms. The van der Waals surface area contributed by atoms with Crippen molar-refractivity contribution in [3.8, 4) is 0 Å². The Hall–Kier alpha value is -0.910. The van der Waals surface area contributed by atoms with Gasteiger partial charge < -0.3 is 15.0 Å². The van der Waals surface area contributed by atoms with E-state index in [1.165, 1.54) is 5.56 Å². The topological polar surface area (TPSA) is 41.6 Å². The predicted molar refractivity (Wildman–Crippen MR) is 72.9 cm³/mol. The van der Waals surface area contributed by atoms with Gasteiger partial charge in [-0.05, 0) is 42.3 Å². The highest BCUT2D eigenvalue weighted by atomic mass is 32.1. The molecule has 100 valence electrons. The van der Waals surface area contributed by atoms with Crippen LogP contribution < -0.4 is 5.32 Å². The van der Waals surface area contributed by atoms with E-state index >= 15 is 0 Å². The van der Waals surface area contributed by atoms with Gasteiger partial charge in [-0.1, -0.05) is 0 Å². The third-order valence-corrected chi connectivity index (χ3v) is 3.87. The van der Waals surface area contributed by atoms with Gasteiger partial charge in [0.15, 0.2) is 0 Å². The molecule has 0 bridgehead atoms. The molecular formula is C13H20N2O2S. The first-order valence-electron chi connectivity index (χ1n) is 6.38. The summed E-state index contributed by atoms with van der Waals surface area (Å²) in [6, 6.07) is 2.02. The molecule has 1 aliphatic rings. The lowest BCUT2D eigenvalue weighted by atomic mass is 10.2. The summed E-state index contributed by atoms with van der Waals surface area (Å²) in [5, 5.41) is 7.52. The van der Waals surface area contributed by atoms with Crippen molar-refractivity contribution < 1.29 is 9.53 Å². The second-order valence-corrected chi connectivity index (χ2v) is 5.28. The molecule has 1 aromatic heterocycles. The quantitative estimate of drug-likeness (QED) is 0.870. The van der Waals surface area contributed by atoms with Crippen LogP contribution >= 0.6 is 11.3 Å². The van der Waals surface area contributed by atoms with E-state index in [2.05, 4.69) is 22.1 Å². The van der Waals surface area contributed by atoms with Crippen LogP contribution in [-0.2, 0) is 16.0 Å². The minimum absolute atomic E-state index is 0.110. The zero-order chi connectivity index (χ0) is 12.8. The van der Waals surface area contributed by atoms with Crippen molar-refractivity contribution in [3.05, 3.63) is 22.4 Å². The summed E-state index contributed by atoms with van der Waals surface area (Å²) in [5.41, 5.74) is 1.33. The van der Waals surface area contributed by atoms with Crippen LogP contribution in [0.15, 0.2) is 16.8 Å². The molecule has 1 saturated heterocycles. The molecule has 1 unspecified atom stereocenters. The predicted octanol–water partition coefficient (Wildman–Crippen LogP) is 1.13. The SMILES string of the molecule is CC(NCCc1ccsc1)C(=O)N1CCOCC1. The Morgan fingerprint density at radius 3 is 3.00 bits per heavy atom. The maximum Gasteiger partial charge on any atom is 0.239 e. The Balaban J connectivity index is 1.70. The van der Waals surface area contributed by atoms with Gasteiger partial charge in [0.1, 0.15) is 0 Å². The third-order valence-electron chi connectivity index (χ3n) is 3.14. The van der Waals surface area contributed by atoms with Gasteiger partial charge in [0, 0.05) is 13.1 Å². The summed E-state index contributed by atoms with van der Waals surface area (Å²) in [6.45, 7) is 5.53. The van der Waals surface area contributed by atoms with E-state index < -0.39 is 0 Å². The normalized spacial score (nSPS) is 17.7. The largest absolute Gasteiger partial charge is 0.378 e. The van der Waals surface area contributed by atoms with Gasteiger partial charge in [-0.2, -0.15) is 11.3 Å². The second kappa shape index (κ2) is 6.87. The van der Waals surface area contributed by atoms with Crippen molar-refractivity contribution in [3.63, 3.8) is 0 Å². The number of carbonyl (C=O) groups excluding carboxylic acids is 1. The van der Waals surface area contributed by atoms with E-state index in [0.717, 1.165) is 26.1 Å². The molecule has 2 heterocycles. The van der Waals surface area contributed by atoms with E-state index in [0.29, 0.717) is 13.2 Å². The third kappa shape index (κ3) is 3.80. The number of morpholine rings is 1. The smallest absolute Gasteiger partial charge is 0.239 e. The van der Waals surface area contributed by atoms with Crippen molar-refractivity contribution in [2.45, 2.75) is 19.4 Å². The molecular weight excluding hydrogens is 248 g/mol. The van der Waals surface area contributed by atoms with E-state index in [-0.39, 0.29) is 11.9 Å². The number of amides is 1. The second-order valence-electron chi connectivity index (χ2n) is 4.50. The number of nitrogens with zero attached hydrogens (tertiary/aromatic N) is 1. The number of nitrogens with one attached hydrogen (secondary N) is 1. The van der Waals surface area contributed by atoms with Crippen LogP contribution in [0.3, 0.4) is 0 Å². The van der Waals surface area contributed by atoms with Crippen molar-refractivity contribution >= 4 is 17.2 Å². The number of hydrogen-bond acceptors (Lipinski definition) is 4. The molecule has 0 saturated carbocycles. The highest BCUT2D eigenvalue weighted by Gasteiger charge is 2.21. The Morgan fingerprint density at radius 2 is 2.33 bits per heavy atom. The first-order valence-corrected chi connectivity index (χ1v) is 7.32. The van der Waals surface area contributed by atoms with Crippen LogP contribution in [-0.4, -0.2) is 49.7 Å². The van der Waals surface area contributed by atoms with Gasteiger partial charge >= 0.3 is 0 Å². The molecule has 1 amide bonds. The summed E-state index contributed by atoms with van der Waals surface area (Å²) < 4.78 is 5.25. The maximum atomic E-state index is 12.1. The fraction of sp³-hybridized carbons (Fsp3) is 0.615. The molecule has 1 N–H and O–H groups in total. The Bertz CT molecular complexity index is 361. The van der Waals surface area contributed by atoms with Gasteiger partial charge in [-0.15, -0.1) is 0 Å². The van der Waals surface area contributed by atoms with Crippen molar-refractivity contribution in [2.24, 2.45) is 0 Å². The van der Waals surface area contributed by atoms with Crippen LogP contribution in [0.25, 0.3) is 0 Å². The number of hydrogen-bond donors (Lipinski definition) is 1. The van der Waals surface area contributed by atoms with E-state index in [1.54, 1.807) is 11.3 Å². The molecule has 4 nitrogen and oxygen atoms in total. The van der Waals surface area contributed by atoms with Crippen LogP contribution in [0.2, 0.25) is 0 Å². The zero-order valence-corrected chi connectivity index (χ0v) is 11.5. The lowest BCUT2D eigenvalue weighted by molar-refractivity contribution is -0.137. The number of ether oxygens (including phenoxy) is 1. The van der Waals surface area contributed by atoms with Crippen molar-refractivity contribution in [1.29, 1.82) is 0 Å². The molecule has 18 heavy (non-hydrogen) atoms. The molecule has 0 aliphatic carbocycles. The van der Waals surface area contributed by atoms with E-state index in [1.807, 2.05) is 11.8 Å². The lowest BCUT2D eigenvalue weighted by Gasteiger charge is -2.29. The first kappa shape index (κ1) is 13.5. The molecule has 2 rings (SSSR count). The molecule has 0 aromatic carbocycles. The minimum atomic E-state index is -0.110. The average Bonchev–Trinajstić information content (AvgIpc) is 2.92. The van der Waals surface area contributed by atoms with E-state index in [4.69, 9.17) is 4.74 Å². The van der Waals surface area contributed by atoms with Crippen molar-refractivity contribution in [1.82, 2.24) is 10.2 Å². The average molecular weight is 268 g/mol. The number of carbonyl (C=O) groups is 1. The Labute approximate surface area is 112 Å². The van der Waals surface area contributed by atoms with Gasteiger partial charge in [0.05, 0.1) is 19.3 Å². The fourth-order valence-corrected chi connectivity index (χ4v) is 2.72. The summed E-state index contributed by atoms with van der Waals surface area (Å²) >= 11 is 1.71. The summed E-state index contributed by atoms with van der Waals surface area (Å²) in [5.74, 6) is 0.184. The standard InChI is InChI=1S/C13H20N2O2S/c1-11(13(16)15-5-7-17-8-6-15)14-4-2-12-3-9-18-10-12/h3,9-11,14H,2,4-8H2,1H3. The van der Waals surface area contributed by atoms with E-state index in [9.17, 15) is 4.79 Å². The minimum Gasteiger partial charge on any atom is -0.378 e. The van der Waals surface area contributed by atoms with Crippen LogP contribution in [0.1, 0.15) is 12.5 Å². The highest BCUT2D eigenvalue weighted by Crippen LogP contribution is 2.06. The van der Waals surface area contributed by atoms with Crippen LogP contribution in [0.4, 0.5) is 0 Å². The monoisotopic (exact) mass is 268 g/mol. The molecule has 0 spiro atoms. The number of thiophene rings is 1. The van der Waals surface area contributed by atoms with Gasteiger partial charge in [-0.25, -0.2) is 0 Å². The first-order chi connectivity index (χ1) is 8.77. The summed E-state index contributed by atoms with van der Waals surface area (Å²) in [6.07, 6.45) is 0.976. The number of rotatable bonds is 5. The lowest BCUT2D eigenvalue weighted by Crippen LogP contribution is -2.49. The van der Waals surface area contributed by atoms with Gasteiger partial charge in [0.2, 0.25) is 5.91 Å². The Kier molecular flexibility index (Phi) is 5.16. The Morgan fingerprint density at radius 1 is 1.56 bits per heavy atom. The fourth-order valence-electron chi connectivity index (χ4n) is 2.01. The highest BCUT2D eigenvalue weighted by molar-refractivity contribution is 7.07. The zero-order valence-electron chi connectivity index (χ0n) is 10.7. The van der Waals surface area contributed by atoms with Crippen LogP contribution in [0.5, 0.6) is 0 Å². The summed E-state index contributed by atoms with van der Waals surface area (Å²) in [7, 11) is 0. The van der Waals surface area contributed by atoms with Crippen molar-refractivity contribution in [2.75, 3.05) is 32.8 Å². The molecule has 1 aliphatic heterocycles. The molecule has 1 aromatic rings. The summed E-state index contributed by atoms with van der Waals surface area (Å²) in [4.78, 5) is 14.0. The van der Waals surface area contributed by atoms with Crippen LogP contribution in [0, 0.1) is 0 Å². The molecule has 0 radical (unpaired) electrons.